The molecular weight excluding hydrogens is 1360 g/mol. The number of nitrogens with zero attached hydrogens (tertiary/aromatic N) is 4. The first-order valence-electron chi connectivity index (χ1n) is 37.2. The monoisotopic (exact) mass is 1430 g/mol. The van der Waals surface area contributed by atoms with Crippen molar-refractivity contribution >= 4 is 212 Å². The molecule has 0 unspecified atom stereocenters. The first-order chi connectivity index (χ1) is 52.8. The van der Waals surface area contributed by atoms with Crippen molar-refractivity contribution in [1.82, 2.24) is 9.13 Å². The molecule has 0 aliphatic carbocycles. The summed E-state index contributed by atoms with van der Waals surface area (Å²) in [6.07, 6.45) is 0. The van der Waals surface area contributed by atoms with E-state index in [-0.39, 0.29) is 12.1 Å². The van der Waals surface area contributed by atoms with E-state index in [9.17, 15) is 5.26 Å². The molecule has 0 atom stereocenters. The van der Waals surface area contributed by atoms with E-state index >= 15 is 0 Å². The number of rotatable bonds is 9. The summed E-state index contributed by atoms with van der Waals surface area (Å²) in [6.45, 7) is 6.79. The maximum Gasteiger partial charge on any atom is 0.249 e. The van der Waals surface area contributed by atoms with Crippen LogP contribution in [0, 0.1) is 11.3 Å². The second kappa shape index (κ2) is 24.4. The molecular formula is C95H67B5N4OS3. The Morgan fingerprint density at radius 2 is 1.03 bits per heavy atom. The molecule has 0 N–H and O–H groups in total. The highest BCUT2D eigenvalue weighted by Gasteiger charge is 2.44. The van der Waals surface area contributed by atoms with Crippen molar-refractivity contribution in [2.24, 2.45) is 0 Å². The second-order valence-corrected chi connectivity index (χ2v) is 35.5. The van der Waals surface area contributed by atoms with Crippen LogP contribution in [0.4, 0.5) is 17.1 Å². The first kappa shape index (κ1) is 64.6. The van der Waals surface area contributed by atoms with Gasteiger partial charge in [0.15, 0.2) is 0 Å². The number of hydrogen-bond donors (Lipinski definition) is 0. The number of anilines is 3. The predicted octanol–water partition coefficient (Wildman–Crippen LogP) is 17.8. The average Bonchev–Trinajstić information content (AvgIpc) is 1.19. The van der Waals surface area contributed by atoms with Gasteiger partial charge in [0, 0.05) is 116 Å². The third kappa shape index (κ3) is 9.46. The smallest absolute Gasteiger partial charge is 0.249 e. The van der Waals surface area contributed by atoms with Crippen LogP contribution in [0.3, 0.4) is 0 Å². The fourth-order valence-corrected chi connectivity index (χ4v) is 24.5. The van der Waals surface area contributed by atoms with E-state index < -0.39 is 10.0 Å². The fourth-order valence-electron chi connectivity index (χ4n) is 18.2. The fraction of sp³-hybridized carbons (Fsp3) is 0.0421. The van der Waals surface area contributed by atoms with Crippen LogP contribution in [0.15, 0.2) is 337 Å². The van der Waals surface area contributed by atoms with Crippen LogP contribution in [-0.2, 0) is 5.41 Å². The Morgan fingerprint density at radius 3 is 1.70 bits per heavy atom. The molecule has 0 bridgehead atoms. The zero-order valence-corrected chi connectivity index (χ0v) is 63.3. The lowest BCUT2D eigenvalue weighted by Gasteiger charge is -2.42. The summed E-state index contributed by atoms with van der Waals surface area (Å²) in [5.74, 6) is 0. The molecule has 0 saturated carbocycles. The van der Waals surface area contributed by atoms with Gasteiger partial charge in [-0.15, -0.1) is 26.8 Å². The van der Waals surface area contributed by atoms with Crippen molar-refractivity contribution in [3.8, 4) is 39.7 Å². The third-order valence-corrected chi connectivity index (χ3v) is 29.7. The topological polar surface area (TPSA) is 50.0 Å². The van der Waals surface area contributed by atoms with Gasteiger partial charge in [0.2, 0.25) is 6.71 Å². The van der Waals surface area contributed by atoms with Gasteiger partial charge in [-0.05, 0) is 184 Å². The minimum absolute atomic E-state index is 0.156. The van der Waals surface area contributed by atoms with E-state index in [1.54, 1.807) is 0 Å². The van der Waals surface area contributed by atoms with Crippen LogP contribution in [0.1, 0.15) is 31.9 Å². The number of fused-ring (bicyclic) bond motifs is 17. The zero-order valence-electron chi connectivity index (χ0n) is 60.9. The number of benzene rings is 15. The van der Waals surface area contributed by atoms with Crippen molar-refractivity contribution in [3.63, 3.8) is 0 Å². The molecule has 6 heterocycles. The summed E-state index contributed by atoms with van der Waals surface area (Å²) in [4.78, 5) is 9.87. The largest absolute Gasteiger partial charge is 0.455 e. The molecule has 5 nitrogen and oxygen atoms in total. The Morgan fingerprint density at radius 1 is 0.426 bits per heavy atom. The molecule has 0 spiro atoms. The maximum absolute atomic E-state index is 10.6. The minimum atomic E-state index is -2.37. The van der Waals surface area contributed by atoms with Crippen molar-refractivity contribution in [2.75, 3.05) is 4.90 Å². The summed E-state index contributed by atoms with van der Waals surface area (Å²) in [5, 5.41) is 20.0. The van der Waals surface area contributed by atoms with Gasteiger partial charge in [-0.3, -0.25) is 0 Å². The van der Waals surface area contributed by atoms with E-state index in [0.29, 0.717) is 5.56 Å². The van der Waals surface area contributed by atoms with Crippen LogP contribution < -0.4 is 43.1 Å². The maximum atomic E-state index is 10.6. The molecule has 13 heteroatoms. The van der Waals surface area contributed by atoms with E-state index in [1.807, 2.05) is 29.2 Å². The first-order valence-corrected chi connectivity index (χ1v) is 40.5. The van der Waals surface area contributed by atoms with E-state index in [0.717, 1.165) is 93.9 Å². The molecule has 21 rings (SSSR count). The van der Waals surface area contributed by atoms with Gasteiger partial charge in [-0.25, -0.2) is 0 Å². The molecule has 0 saturated heterocycles. The van der Waals surface area contributed by atoms with Gasteiger partial charge in [0.1, 0.15) is 42.6 Å². The van der Waals surface area contributed by atoms with Gasteiger partial charge in [-0.2, -0.15) is 5.26 Å². The molecule has 108 heavy (non-hydrogen) atoms. The van der Waals surface area contributed by atoms with Gasteiger partial charge in [-0.1, -0.05) is 212 Å². The number of thiophene rings is 1. The molecule has 19 aromatic rings. The standard InChI is InChI=1S/C95H67B5N4OS3/c1-95(2,3)59-37-43-75(68(51-59)56-22-8-4-9-23-56)104-77-52-60(103-76-42-36-55(54-101)46-69(76)87-88(96)89(97)90(98)91(99)93(87)103)38-40-71(77)100-72-41-39-61(102-73-33-19-16-30-65(73)66-31-17-20-34-74(66)102)53-82(72)107-83-49-58(48-78(104)92(83)100)57-47-70-85-79(44-45-81-86(85)67-32-18-21-35-80(67)106-81)105-94(70)84(50-57)108(62-24-10-5-11-25-62,63-26-12-6-13-27-63)64-28-14-7-15-29-64/h4-53H,96-99H2,1-3H3. The SMILES string of the molecule is Bc1c(B)c(B)c2c(c1B)c1cc(C#N)ccc1n2-c1ccc2c(c1)N(c1ccc(C(C)(C)C)cc1-c1ccccc1)c1cc(-c3cc(S(c4ccccc4)(c4ccccc4)c4ccccc4)c4oc5ccc6sc7ccccc7c6c5c4c3)cc3c1B2c1ccc(-n2c4ccccc4c4ccccc42)cc1S3. The molecule has 2 aliphatic heterocycles. The summed E-state index contributed by atoms with van der Waals surface area (Å²) < 4.78 is 15.1. The van der Waals surface area contributed by atoms with E-state index in [1.165, 1.54) is 116 Å². The highest BCUT2D eigenvalue weighted by molar-refractivity contribution is 8.34. The highest BCUT2D eigenvalue weighted by atomic mass is 32.3. The van der Waals surface area contributed by atoms with Gasteiger partial charge >= 0.3 is 0 Å². The highest BCUT2D eigenvalue weighted by Crippen LogP contribution is 2.75. The lowest BCUT2D eigenvalue weighted by molar-refractivity contribution is 0.590. The Kier molecular flexibility index (Phi) is 14.6. The Labute approximate surface area is 640 Å². The van der Waals surface area contributed by atoms with Crippen LogP contribution in [0.2, 0.25) is 0 Å². The van der Waals surface area contributed by atoms with E-state index in [4.69, 9.17) is 4.42 Å². The summed E-state index contributed by atoms with van der Waals surface area (Å²) in [5.41, 5.74) is 26.8. The number of hydrogen-bond acceptors (Lipinski definition) is 5. The summed E-state index contributed by atoms with van der Waals surface area (Å²) in [6, 6.07) is 117. The van der Waals surface area contributed by atoms with Crippen molar-refractivity contribution in [3.05, 3.63) is 314 Å². The average molecular weight is 1430 g/mol. The van der Waals surface area contributed by atoms with Crippen molar-refractivity contribution in [1.29, 1.82) is 5.26 Å². The molecule has 506 valence electrons. The van der Waals surface area contributed by atoms with Crippen molar-refractivity contribution < 1.29 is 4.42 Å². The van der Waals surface area contributed by atoms with Crippen LogP contribution >= 0.6 is 33.1 Å². The Hall–Kier alpha value is -11.8. The molecule has 0 radical (unpaired) electrons. The van der Waals surface area contributed by atoms with Gasteiger partial charge in [0.25, 0.3) is 0 Å². The number of para-hydroxylation sites is 2. The van der Waals surface area contributed by atoms with Gasteiger partial charge in [0.05, 0.1) is 33.9 Å². The van der Waals surface area contributed by atoms with Crippen molar-refractivity contribution in [2.45, 2.75) is 55.6 Å². The van der Waals surface area contributed by atoms with E-state index in [2.05, 4.69) is 370 Å². The number of nitriles is 1. The van der Waals surface area contributed by atoms with Crippen LogP contribution in [-0.4, -0.2) is 47.2 Å². The summed E-state index contributed by atoms with van der Waals surface area (Å²) in [7, 11) is 6.69. The molecule has 4 aromatic heterocycles. The minimum Gasteiger partial charge on any atom is -0.455 e. The molecule has 15 aromatic carbocycles. The van der Waals surface area contributed by atoms with Gasteiger partial charge < -0.3 is 18.5 Å². The third-order valence-electron chi connectivity index (χ3n) is 23.5. The van der Waals surface area contributed by atoms with Crippen LogP contribution in [0.5, 0.6) is 0 Å². The predicted molar refractivity (Wildman–Crippen MR) is 472 cm³/mol. The molecule has 2 aliphatic rings. The number of furan rings is 1. The zero-order chi connectivity index (χ0) is 72.6. The second-order valence-electron chi connectivity index (χ2n) is 30.3. The molecule has 0 fully saturated rings. The normalized spacial score (nSPS) is 13.0. The molecule has 0 amide bonds. The quantitative estimate of drug-likeness (QED) is 0.135. The number of aromatic nitrogens is 2. The lowest BCUT2D eigenvalue weighted by atomic mass is 9.35. The summed E-state index contributed by atoms with van der Waals surface area (Å²) >= 11 is 3.76. The Balaban J connectivity index is 0.916. The Bertz CT molecular complexity index is 6950. The lowest BCUT2D eigenvalue weighted by Crippen LogP contribution is -2.59. The van der Waals surface area contributed by atoms with Crippen LogP contribution in [0.25, 0.3) is 119 Å².